The number of aryl methyl sites for hydroxylation is 1. The lowest BCUT2D eigenvalue weighted by Gasteiger charge is -2.13. The first kappa shape index (κ1) is 17.7. The number of carbonyl (C=O) groups excluding carboxylic acids is 2. The third kappa shape index (κ3) is 4.23. The normalized spacial score (nSPS) is 18.7. The van der Waals surface area contributed by atoms with Gasteiger partial charge in [-0.3, -0.25) is 19.3 Å². The first-order valence-corrected chi connectivity index (χ1v) is 8.05. The molecule has 1 atom stereocenters. The average Bonchev–Trinajstić information content (AvgIpc) is 2.82. The Morgan fingerprint density at radius 3 is 2.67 bits per heavy atom. The zero-order valence-electron chi connectivity index (χ0n) is 13.1. The Bertz CT molecular complexity index is 700. The van der Waals surface area contributed by atoms with Crippen LogP contribution in [0.4, 0.5) is 0 Å². The third-order valence-corrected chi connectivity index (χ3v) is 4.43. The Morgan fingerprint density at radius 2 is 2.08 bits per heavy atom. The maximum atomic E-state index is 12.2. The molecule has 0 bridgehead atoms. The van der Waals surface area contributed by atoms with E-state index in [1.54, 1.807) is 12.1 Å². The predicted octanol–water partition coefficient (Wildman–Crippen LogP) is 1.60. The summed E-state index contributed by atoms with van der Waals surface area (Å²) in [4.78, 5) is 36.4. The number of amidine groups is 1. The van der Waals surface area contributed by atoms with E-state index < -0.39 is 17.1 Å². The van der Waals surface area contributed by atoms with E-state index in [0.29, 0.717) is 5.56 Å². The van der Waals surface area contributed by atoms with Crippen LogP contribution in [-0.2, 0) is 9.59 Å². The van der Waals surface area contributed by atoms with E-state index in [-0.39, 0.29) is 24.0 Å². The largest absolute Gasteiger partial charge is 0.481 e. The fourth-order valence-electron chi connectivity index (χ4n) is 2.05. The zero-order chi connectivity index (χ0) is 17.7. The van der Waals surface area contributed by atoms with Crippen LogP contribution in [0.2, 0.25) is 0 Å². The summed E-state index contributed by atoms with van der Waals surface area (Å²) in [6.07, 6.45) is 1.21. The number of carboxylic acid groups (broad SMARTS) is 1. The van der Waals surface area contributed by atoms with E-state index in [0.717, 1.165) is 17.3 Å². The summed E-state index contributed by atoms with van der Waals surface area (Å²) in [7, 11) is 0. The quantitative estimate of drug-likeness (QED) is 0.601. The number of hydrogen-bond donors (Lipinski definition) is 2. The van der Waals surface area contributed by atoms with Gasteiger partial charge in [0.25, 0.3) is 5.91 Å². The van der Waals surface area contributed by atoms with Gasteiger partial charge in [-0.05, 0) is 19.1 Å². The van der Waals surface area contributed by atoms with E-state index in [1.807, 2.05) is 19.1 Å². The Morgan fingerprint density at radius 1 is 1.42 bits per heavy atom. The molecule has 7 nitrogen and oxygen atoms in total. The second kappa shape index (κ2) is 7.78. The maximum absolute atomic E-state index is 12.2. The van der Waals surface area contributed by atoms with Gasteiger partial charge in [0, 0.05) is 12.1 Å². The molecule has 2 rings (SSSR count). The Balaban J connectivity index is 2.12. The lowest BCUT2D eigenvalue weighted by Crippen LogP contribution is -2.34. The molecule has 1 saturated heterocycles. The fourth-order valence-corrected chi connectivity index (χ4v) is 3.15. The van der Waals surface area contributed by atoms with Gasteiger partial charge in [0.2, 0.25) is 5.91 Å². The van der Waals surface area contributed by atoms with Gasteiger partial charge in [0.1, 0.15) is 5.25 Å². The van der Waals surface area contributed by atoms with Crippen LogP contribution < -0.4 is 5.43 Å². The van der Waals surface area contributed by atoms with Crippen molar-refractivity contribution in [2.24, 2.45) is 5.10 Å². The number of nitrogens with one attached hydrogen (secondary N) is 1. The number of nitrogens with zero attached hydrogens (tertiary/aromatic N) is 2. The van der Waals surface area contributed by atoms with Gasteiger partial charge >= 0.3 is 5.97 Å². The topological polar surface area (TPSA) is 99.1 Å². The van der Waals surface area contributed by atoms with Gasteiger partial charge in [-0.2, -0.15) is 0 Å². The van der Waals surface area contributed by atoms with Crippen molar-refractivity contribution in [1.82, 2.24) is 10.3 Å². The minimum Gasteiger partial charge on any atom is -0.481 e. The minimum absolute atomic E-state index is 0.196. The number of rotatable bonds is 6. The van der Waals surface area contributed by atoms with Gasteiger partial charge in [-0.1, -0.05) is 35.5 Å². The first-order chi connectivity index (χ1) is 11.4. The van der Waals surface area contributed by atoms with E-state index in [9.17, 15) is 14.4 Å². The molecule has 24 heavy (non-hydrogen) atoms. The van der Waals surface area contributed by atoms with Gasteiger partial charge in [0.05, 0.1) is 6.42 Å². The fraction of sp³-hybridized carbons (Fsp3) is 0.250. The average molecular weight is 347 g/mol. The molecule has 1 heterocycles. The molecular weight excluding hydrogens is 330 g/mol. The second-order valence-electron chi connectivity index (χ2n) is 5.14. The van der Waals surface area contributed by atoms with Crippen molar-refractivity contribution in [1.29, 1.82) is 0 Å². The lowest BCUT2D eigenvalue weighted by atomic mass is 10.1. The highest BCUT2D eigenvalue weighted by Gasteiger charge is 2.38. The maximum Gasteiger partial charge on any atom is 0.305 e. The molecule has 2 N–H and O–H groups in total. The van der Waals surface area contributed by atoms with Crippen molar-refractivity contribution in [3.8, 4) is 0 Å². The Hall–Kier alpha value is -2.61. The molecule has 0 spiro atoms. The number of hydrazone groups is 1. The van der Waals surface area contributed by atoms with Crippen molar-refractivity contribution in [3.63, 3.8) is 0 Å². The number of aliphatic carboxylic acids is 1. The molecule has 2 amide bonds. The van der Waals surface area contributed by atoms with E-state index in [1.165, 1.54) is 11.0 Å². The number of hydrogen-bond acceptors (Lipinski definition) is 5. The second-order valence-corrected chi connectivity index (χ2v) is 6.31. The minimum atomic E-state index is -1.07. The monoisotopic (exact) mass is 347 g/mol. The first-order valence-electron chi connectivity index (χ1n) is 7.17. The summed E-state index contributed by atoms with van der Waals surface area (Å²) in [6.45, 7) is 5.68. The third-order valence-electron chi connectivity index (χ3n) is 3.26. The van der Waals surface area contributed by atoms with Gasteiger partial charge < -0.3 is 5.11 Å². The highest BCUT2D eigenvalue weighted by molar-refractivity contribution is 8.15. The van der Waals surface area contributed by atoms with Crippen LogP contribution in [0.1, 0.15) is 22.3 Å². The molecule has 1 fully saturated rings. The number of carboxylic acids is 1. The summed E-state index contributed by atoms with van der Waals surface area (Å²) in [5.41, 5.74) is 3.87. The smallest absolute Gasteiger partial charge is 0.305 e. The van der Waals surface area contributed by atoms with E-state index >= 15 is 0 Å². The van der Waals surface area contributed by atoms with Crippen LogP contribution in [0, 0.1) is 6.92 Å². The van der Waals surface area contributed by atoms with Crippen LogP contribution in [-0.4, -0.2) is 44.8 Å². The molecule has 1 aliphatic heterocycles. The molecule has 1 aromatic rings. The summed E-state index contributed by atoms with van der Waals surface area (Å²) in [6, 6.07) is 6.96. The van der Waals surface area contributed by atoms with E-state index in [2.05, 4.69) is 17.1 Å². The Labute approximate surface area is 143 Å². The highest BCUT2D eigenvalue weighted by atomic mass is 32.2. The van der Waals surface area contributed by atoms with Crippen molar-refractivity contribution >= 4 is 34.7 Å². The molecule has 0 aromatic heterocycles. The molecule has 126 valence electrons. The van der Waals surface area contributed by atoms with Gasteiger partial charge in [0.15, 0.2) is 5.17 Å². The molecule has 8 heteroatoms. The Kier molecular flexibility index (Phi) is 5.75. The summed E-state index contributed by atoms with van der Waals surface area (Å²) in [5.74, 6) is -1.83. The number of amides is 2. The summed E-state index contributed by atoms with van der Waals surface area (Å²) < 4.78 is 0. The SMILES string of the molecule is C=CCN1C(=O)[C@@H](CC(=O)O)S/C1=N\NC(=O)c1ccc(C)cc1. The zero-order valence-corrected chi connectivity index (χ0v) is 13.9. The molecule has 1 aromatic carbocycles. The molecule has 0 saturated carbocycles. The summed E-state index contributed by atoms with van der Waals surface area (Å²) >= 11 is 1.02. The number of carbonyl (C=O) groups is 3. The van der Waals surface area contributed by atoms with E-state index in [4.69, 9.17) is 5.11 Å². The highest BCUT2D eigenvalue weighted by Crippen LogP contribution is 2.29. The van der Waals surface area contributed by atoms with Gasteiger partial charge in [-0.25, -0.2) is 5.43 Å². The van der Waals surface area contributed by atoms with Crippen molar-refractivity contribution < 1.29 is 19.5 Å². The molecule has 1 aliphatic rings. The predicted molar refractivity (Wildman–Crippen MR) is 91.6 cm³/mol. The van der Waals surface area contributed by atoms with Crippen LogP contribution in [0.25, 0.3) is 0 Å². The van der Waals surface area contributed by atoms with Crippen LogP contribution in [0.15, 0.2) is 42.0 Å². The van der Waals surface area contributed by atoms with Gasteiger partial charge in [-0.15, -0.1) is 11.7 Å². The van der Waals surface area contributed by atoms with Crippen molar-refractivity contribution in [2.75, 3.05) is 6.54 Å². The molecule has 0 radical (unpaired) electrons. The van der Waals surface area contributed by atoms with Crippen molar-refractivity contribution in [3.05, 3.63) is 48.0 Å². The van der Waals surface area contributed by atoms with Crippen LogP contribution in [0.3, 0.4) is 0 Å². The number of benzene rings is 1. The molecule has 0 aliphatic carbocycles. The molecular formula is C16H17N3O4S. The molecule has 0 unspecified atom stereocenters. The number of thioether (sulfide) groups is 1. The van der Waals surface area contributed by atoms with Crippen LogP contribution in [0.5, 0.6) is 0 Å². The standard InChI is InChI=1S/C16H17N3O4S/c1-3-8-19-15(23)12(9-13(20)21)24-16(19)18-17-14(22)11-6-4-10(2)5-7-11/h3-7,12H,1,8-9H2,2H3,(H,17,22)(H,20,21)/b18-16-/t12-/m1/s1. The van der Waals surface area contributed by atoms with Crippen LogP contribution >= 0.6 is 11.8 Å². The van der Waals surface area contributed by atoms with Crippen molar-refractivity contribution in [2.45, 2.75) is 18.6 Å². The summed E-state index contributed by atoms with van der Waals surface area (Å²) in [5, 5.41) is 12.3. The lowest BCUT2D eigenvalue weighted by molar-refractivity contribution is -0.139.